The Hall–Kier alpha value is -1.94. The van der Waals surface area contributed by atoms with Gasteiger partial charge in [0.2, 0.25) is 0 Å². The lowest BCUT2D eigenvalue weighted by Crippen LogP contribution is -2.30. The largest absolute Gasteiger partial charge is 0.287 e. The summed E-state index contributed by atoms with van der Waals surface area (Å²) in [5, 5.41) is 7.53. The number of amides is 1. The molecular formula is C14H10Cl2N4O3S2. The van der Waals surface area contributed by atoms with Crippen LogP contribution in [0.5, 0.6) is 0 Å². The Bertz CT molecular complexity index is 1040. The number of nitrogens with one attached hydrogen (secondary N) is 1. The average Bonchev–Trinajstić information content (AvgIpc) is 3.14. The summed E-state index contributed by atoms with van der Waals surface area (Å²) < 4.78 is 27.9. The molecule has 0 atom stereocenters. The van der Waals surface area contributed by atoms with Crippen LogP contribution >= 0.6 is 34.5 Å². The van der Waals surface area contributed by atoms with Gasteiger partial charge >= 0.3 is 0 Å². The van der Waals surface area contributed by atoms with Gasteiger partial charge in [-0.3, -0.25) is 4.79 Å². The van der Waals surface area contributed by atoms with Crippen molar-refractivity contribution in [3.8, 4) is 5.69 Å². The molecule has 1 amide bonds. The topological polar surface area (TPSA) is 94.0 Å². The second-order valence-corrected chi connectivity index (χ2v) is 8.94. The van der Waals surface area contributed by atoms with Gasteiger partial charge in [0.1, 0.15) is 9.23 Å². The summed E-state index contributed by atoms with van der Waals surface area (Å²) >= 11 is 12.5. The van der Waals surface area contributed by atoms with E-state index in [0.29, 0.717) is 5.69 Å². The highest BCUT2D eigenvalue weighted by Gasteiger charge is 2.25. The van der Waals surface area contributed by atoms with E-state index in [0.717, 1.165) is 16.9 Å². The lowest BCUT2D eigenvalue weighted by atomic mass is 10.2. The number of sulfonamides is 1. The van der Waals surface area contributed by atoms with Gasteiger partial charge in [-0.1, -0.05) is 46.1 Å². The Balaban J connectivity index is 1.82. The van der Waals surface area contributed by atoms with Gasteiger partial charge in [-0.15, -0.1) is 16.4 Å². The molecule has 130 valence electrons. The number of thiophene rings is 1. The maximum atomic E-state index is 12.2. The molecule has 25 heavy (non-hydrogen) atoms. The first-order chi connectivity index (χ1) is 11.8. The third-order valence-electron chi connectivity index (χ3n) is 3.17. The molecule has 3 rings (SSSR count). The molecule has 0 bridgehead atoms. The van der Waals surface area contributed by atoms with Gasteiger partial charge < -0.3 is 0 Å². The van der Waals surface area contributed by atoms with Gasteiger partial charge in [-0.05, 0) is 25.1 Å². The van der Waals surface area contributed by atoms with Crippen LogP contribution in [-0.2, 0) is 10.0 Å². The molecule has 0 saturated carbocycles. The fraction of sp³-hybridized carbons (Fsp3) is 0.0714. The zero-order valence-corrected chi connectivity index (χ0v) is 15.7. The molecule has 11 heteroatoms. The maximum Gasteiger partial charge on any atom is 0.287 e. The normalized spacial score (nSPS) is 11.5. The number of carbonyl (C=O) groups excluding carboxylic acids is 1. The van der Waals surface area contributed by atoms with Crippen molar-refractivity contribution >= 4 is 50.5 Å². The first-order valence-corrected chi connectivity index (χ1v) is 9.83. The molecule has 0 aliphatic rings. The van der Waals surface area contributed by atoms with E-state index in [1.54, 1.807) is 12.1 Å². The lowest BCUT2D eigenvalue weighted by molar-refractivity contribution is 0.0976. The molecule has 0 fully saturated rings. The molecule has 7 nitrogen and oxygen atoms in total. The third-order valence-corrected chi connectivity index (χ3v) is 6.25. The van der Waals surface area contributed by atoms with E-state index in [1.807, 2.05) is 23.8 Å². The van der Waals surface area contributed by atoms with E-state index in [2.05, 4.69) is 10.3 Å². The Morgan fingerprint density at radius 1 is 1.24 bits per heavy atom. The van der Waals surface area contributed by atoms with E-state index in [4.69, 9.17) is 23.2 Å². The molecule has 3 aromatic rings. The number of nitrogens with zero attached hydrogens (tertiary/aromatic N) is 3. The summed E-state index contributed by atoms with van der Waals surface area (Å²) in [5.41, 5.74) is 1.61. The number of aromatic nitrogens is 3. The quantitative estimate of drug-likeness (QED) is 0.704. The molecule has 0 unspecified atom stereocenters. The first-order valence-electron chi connectivity index (χ1n) is 6.77. The van der Waals surface area contributed by atoms with Crippen molar-refractivity contribution in [1.29, 1.82) is 0 Å². The highest BCUT2D eigenvalue weighted by atomic mass is 35.5. The van der Waals surface area contributed by atoms with E-state index < -0.39 is 15.9 Å². The van der Waals surface area contributed by atoms with Crippen molar-refractivity contribution in [2.45, 2.75) is 11.8 Å². The zero-order valence-electron chi connectivity index (χ0n) is 12.6. The van der Waals surface area contributed by atoms with Crippen LogP contribution in [0.1, 0.15) is 16.1 Å². The standard InChI is InChI=1S/C14H10Cl2N4O3S2/c1-8-2-4-9(5-3-8)20-7-10(17-19-20)14(21)18-25(22,23)11-6-12(15)24-13(11)16/h2-7H,1H3,(H,18,21). The Morgan fingerprint density at radius 2 is 1.92 bits per heavy atom. The lowest BCUT2D eigenvalue weighted by Gasteiger charge is -2.03. The molecule has 0 spiro atoms. The van der Waals surface area contributed by atoms with E-state index in [1.165, 1.54) is 16.9 Å². The first kappa shape index (κ1) is 17.9. The van der Waals surface area contributed by atoms with Crippen molar-refractivity contribution in [3.05, 3.63) is 56.5 Å². The summed E-state index contributed by atoms with van der Waals surface area (Å²) in [6, 6.07) is 8.53. The Kier molecular flexibility index (Phi) is 4.83. The summed E-state index contributed by atoms with van der Waals surface area (Å²) in [5.74, 6) is -0.920. The number of hydrogen-bond acceptors (Lipinski definition) is 6. The molecule has 1 N–H and O–H groups in total. The van der Waals surface area contributed by atoms with E-state index >= 15 is 0 Å². The molecule has 2 heterocycles. The predicted octanol–water partition coefficient (Wildman–Crippen LogP) is 3.06. The van der Waals surface area contributed by atoms with E-state index in [-0.39, 0.29) is 19.3 Å². The molecule has 0 aliphatic heterocycles. The molecule has 0 radical (unpaired) electrons. The summed E-state index contributed by atoms with van der Waals surface area (Å²) in [4.78, 5) is 11.9. The molecular weight excluding hydrogens is 407 g/mol. The van der Waals surface area contributed by atoms with Gasteiger partial charge in [-0.25, -0.2) is 17.8 Å². The Labute approximate surface area is 157 Å². The van der Waals surface area contributed by atoms with Gasteiger partial charge in [0.05, 0.1) is 16.2 Å². The molecule has 1 aromatic carbocycles. The highest BCUT2D eigenvalue weighted by Crippen LogP contribution is 2.34. The SMILES string of the molecule is Cc1ccc(-n2cc(C(=O)NS(=O)(=O)c3cc(Cl)sc3Cl)nn2)cc1. The van der Waals surface area contributed by atoms with Crippen LogP contribution in [-0.4, -0.2) is 29.3 Å². The summed E-state index contributed by atoms with van der Waals surface area (Å²) in [6.07, 6.45) is 1.33. The number of hydrogen-bond donors (Lipinski definition) is 1. The zero-order chi connectivity index (χ0) is 18.2. The minimum absolute atomic E-state index is 0.0337. The van der Waals surface area contributed by atoms with Crippen molar-refractivity contribution in [1.82, 2.24) is 19.7 Å². The van der Waals surface area contributed by atoms with Crippen LogP contribution in [0.3, 0.4) is 0 Å². The van der Waals surface area contributed by atoms with Crippen LogP contribution < -0.4 is 4.72 Å². The second-order valence-electron chi connectivity index (χ2n) is 5.01. The van der Waals surface area contributed by atoms with Crippen molar-refractivity contribution < 1.29 is 13.2 Å². The number of rotatable bonds is 4. The average molecular weight is 417 g/mol. The Morgan fingerprint density at radius 3 is 2.52 bits per heavy atom. The van der Waals surface area contributed by atoms with Crippen LogP contribution in [0.4, 0.5) is 0 Å². The van der Waals surface area contributed by atoms with Crippen molar-refractivity contribution in [2.75, 3.05) is 0 Å². The van der Waals surface area contributed by atoms with Crippen LogP contribution in [0, 0.1) is 6.92 Å². The van der Waals surface area contributed by atoms with Crippen molar-refractivity contribution in [2.24, 2.45) is 0 Å². The number of aryl methyl sites for hydroxylation is 1. The molecule has 0 aliphatic carbocycles. The van der Waals surface area contributed by atoms with Gasteiger partial charge in [-0.2, -0.15) is 0 Å². The number of benzene rings is 1. The summed E-state index contributed by atoms with van der Waals surface area (Å²) in [7, 11) is -4.16. The molecule has 0 saturated heterocycles. The van der Waals surface area contributed by atoms with Crippen molar-refractivity contribution in [3.63, 3.8) is 0 Å². The van der Waals surface area contributed by atoms with Crippen LogP contribution in [0.25, 0.3) is 5.69 Å². The van der Waals surface area contributed by atoms with Gasteiger partial charge in [0.15, 0.2) is 5.69 Å². The smallest absolute Gasteiger partial charge is 0.266 e. The minimum Gasteiger partial charge on any atom is -0.266 e. The third kappa shape index (κ3) is 3.84. The maximum absolute atomic E-state index is 12.2. The monoisotopic (exact) mass is 416 g/mol. The second kappa shape index (κ2) is 6.75. The number of halogens is 2. The summed E-state index contributed by atoms with van der Waals surface area (Å²) in [6.45, 7) is 1.94. The van der Waals surface area contributed by atoms with Crippen LogP contribution in [0.15, 0.2) is 41.4 Å². The van der Waals surface area contributed by atoms with Gasteiger partial charge in [0.25, 0.3) is 15.9 Å². The highest BCUT2D eigenvalue weighted by molar-refractivity contribution is 7.90. The predicted molar refractivity (Wildman–Crippen MR) is 95.1 cm³/mol. The fourth-order valence-corrected chi connectivity index (χ4v) is 5.04. The number of carbonyl (C=O) groups is 1. The fourth-order valence-electron chi connectivity index (χ4n) is 1.93. The minimum atomic E-state index is -4.16. The molecule has 2 aromatic heterocycles. The van der Waals surface area contributed by atoms with E-state index in [9.17, 15) is 13.2 Å². The van der Waals surface area contributed by atoms with Crippen LogP contribution in [0.2, 0.25) is 8.67 Å². The van der Waals surface area contributed by atoms with Gasteiger partial charge in [0, 0.05) is 0 Å².